The number of ether oxygens (including phenoxy) is 4. The Balaban J connectivity index is 1.38. The third-order valence-corrected chi connectivity index (χ3v) is 10.2. The maximum absolute atomic E-state index is 13.1. The quantitative estimate of drug-likeness (QED) is 0.0481. The molecule has 5 aromatic carbocycles. The lowest BCUT2D eigenvalue weighted by Crippen LogP contribution is -2.29. The van der Waals surface area contributed by atoms with Crippen molar-refractivity contribution in [2.45, 2.75) is 53.6 Å². The Kier molecular flexibility index (Phi) is 11.6. The highest BCUT2D eigenvalue weighted by molar-refractivity contribution is 7.97. The Morgan fingerprint density at radius 1 is 0.654 bits per heavy atom. The first-order chi connectivity index (χ1) is 24.8. The smallest absolute Gasteiger partial charge is 0.345 e. The Morgan fingerprint density at radius 3 is 1.48 bits per heavy atom. The van der Waals surface area contributed by atoms with E-state index in [0.717, 1.165) is 20.2 Å². The number of nitro groups is 1. The first kappa shape index (κ1) is 37.1. The van der Waals surface area contributed by atoms with E-state index in [2.05, 4.69) is 6.07 Å². The summed E-state index contributed by atoms with van der Waals surface area (Å²) in [5.74, 6) is -0.628. The number of rotatable bonds is 14. The topological polar surface area (TPSA) is 138 Å². The number of nitriles is 1. The highest BCUT2D eigenvalue weighted by atomic mass is 32.2. The van der Waals surface area contributed by atoms with Crippen molar-refractivity contribution in [3.8, 4) is 17.6 Å². The summed E-state index contributed by atoms with van der Waals surface area (Å²) in [5.41, 5.74) is -0.353. The van der Waals surface area contributed by atoms with Gasteiger partial charge in [-0.05, 0) is 87.4 Å². The van der Waals surface area contributed by atoms with Crippen molar-refractivity contribution >= 4 is 28.5 Å². The van der Waals surface area contributed by atoms with Gasteiger partial charge in [-0.25, -0.2) is 9.59 Å². The first-order valence-corrected chi connectivity index (χ1v) is 17.5. The van der Waals surface area contributed by atoms with E-state index in [1.54, 1.807) is 70.2 Å². The Hall–Kier alpha value is -6.12. The van der Waals surface area contributed by atoms with Crippen molar-refractivity contribution in [2.24, 2.45) is 0 Å². The first-order valence-electron chi connectivity index (χ1n) is 16.3. The van der Waals surface area contributed by atoms with Gasteiger partial charge in [-0.3, -0.25) is 10.1 Å². The second-order valence-electron chi connectivity index (χ2n) is 12.6. The van der Waals surface area contributed by atoms with E-state index in [1.807, 2.05) is 72.8 Å². The predicted molar refractivity (Wildman–Crippen MR) is 195 cm³/mol. The molecule has 52 heavy (non-hydrogen) atoms. The lowest BCUT2D eigenvalue weighted by molar-refractivity contribution is -0.384. The average molecular weight is 718 g/mol. The van der Waals surface area contributed by atoms with Crippen LogP contribution in [0, 0.1) is 21.4 Å². The molecule has 0 aliphatic carbocycles. The van der Waals surface area contributed by atoms with Gasteiger partial charge in [0.25, 0.3) is 5.69 Å². The summed E-state index contributed by atoms with van der Waals surface area (Å²) in [6.45, 7) is 6.04. The summed E-state index contributed by atoms with van der Waals surface area (Å²) in [6.07, 6.45) is 0. The maximum Gasteiger partial charge on any atom is 0.345 e. The van der Waals surface area contributed by atoms with Crippen molar-refractivity contribution in [1.29, 1.82) is 5.26 Å². The monoisotopic (exact) mass is 717 g/mol. The molecule has 0 bridgehead atoms. The molecule has 0 unspecified atom stereocenters. The van der Waals surface area contributed by atoms with Crippen molar-refractivity contribution in [1.82, 2.24) is 0 Å². The molecule has 0 saturated heterocycles. The minimum absolute atomic E-state index is 0.0691. The van der Waals surface area contributed by atoms with Gasteiger partial charge in [-0.2, -0.15) is 5.26 Å². The Labute approximate surface area is 305 Å². The van der Waals surface area contributed by atoms with Gasteiger partial charge in [0.05, 0.1) is 27.5 Å². The molecule has 0 aliphatic heterocycles. The number of benzene rings is 5. The third kappa shape index (κ3) is 9.56. The Morgan fingerprint density at radius 2 is 1.08 bits per heavy atom. The van der Waals surface area contributed by atoms with Crippen LogP contribution in [0.3, 0.4) is 0 Å². The van der Waals surface area contributed by atoms with Gasteiger partial charge >= 0.3 is 11.9 Å². The highest BCUT2D eigenvalue weighted by Crippen LogP contribution is 2.36. The summed E-state index contributed by atoms with van der Waals surface area (Å²) in [4.78, 5) is 39.6. The summed E-state index contributed by atoms with van der Waals surface area (Å²) in [5, 5.41) is 20.2. The van der Waals surface area contributed by atoms with Crippen molar-refractivity contribution in [2.75, 3.05) is 13.2 Å². The molecule has 0 atom stereocenters. The molecular formula is C41H37N2O8S+. The largest absolute Gasteiger partial charge is 0.482 e. The number of esters is 2. The molecule has 0 radical (unpaired) electrons. The summed E-state index contributed by atoms with van der Waals surface area (Å²) in [6, 6.07) is 39.8. The van der Waals surface area contributed by atoms with Gasteiger partial charge < -0.3 is 18.9 Å². The summed E-state index contributed by atoms with van der Waals surface area (Å²) >= 11 is 0. The van der Waals surface area contributed by atoms with Crippen LogP contribution in [0.5, 0.6) is 11.5 Å². The van der Waals surface area contributed by atoms with Crippen LogP contribution in [-0.4, -0.2) is 30.1 Å². The van der Waals surface area contributed by atoms with Crippen LogP contribution < -0.4 is 9.47 Å². The number of carbonyl (C=O) groups is 2. The van der Waals surface area contributed by atoms with Gasteiger partial charge in [0.15, 0.2) is 27.9 Å². The normalized spacial score (nSPS) is 11.3. The molecule has 0 saturated carbocycles. The van der Waals surface area contributed by atoms with E-state index in [1.165, 1.54) is 12.1 Å². The number of nitro benzene ring substituents is 1. The van der Waals surface area contributed by atoms with Crippen LogP contribution in [0.1, 0.15) is 44.4 Å². The SMILES string of the molecule is CC(C)(OC(=O)COc1cc(OCC(=O)OC(C)(C)c2ccc([N+](=O)[O-])cc2)cc([S+](c2ccccc2)c2ccccc2)c1)c1ccc(C#N)cc1. The average Bonchev–Trinajstić information content (AvgIpc) is 3.14. The molecule has 0 aromatic heterocycles. The van der Waals surface area contributed by atoms with E-state index in [9.17, 15) is 19.7 Å². The Bertz CT molecular complexity index is 2020. The zero-order valence-corrected chi connectivity index (χ0v) is 29.9. The van der Waals surface area contributed by atoms with Gasteiger partial charge in [0.1, 0.15) is 22.7 Å². The lowest BCUT2D eigenvalue weighted by atomic mass is 9.97. The van der Waals surface area contributed by atoms with Crippen LogP contribution >= 0.6 is 0 Å². The fourth-order valence-electron chi connectivity index (χ4n) is 5.31. The van der Waals surface area contributed by atoms with Gasteiger partial charge in [0, 0.05) is 30.3 Å². The number of non-ortho nitro benzene ring substituents is 1. The van der Waals surface area contributed by atoms with E-state index in [0.29, 0.717) is 22.6 Å². The van der Waals surface area contributed by atoms with E-state index in [-0.39, 0.29) is 5.69 Å². The highest BCUT2D eigenvalue weighted by Gasteiger charge is 2.31. The van der Waals surface area contributed by atoms with Gasteiger partial charge in [0.2, 0.25) is 0 Å². The minimum Gasteiger partial charge on any atom is -0.482 e. The molecular weight excluding hydrogens is 681 g/mol. The zero-order valence-electron chi connectivity index (χ0n) is 29.1. The zero-order chi connectivity index (χ0) is 37.3. The summed E-state index contributed by atoms with van der Waals surface area (Å²) < 4.78 is 23.5. The lowest BCUT2D eigenvalue weighted by Gasteiger charge is -2.26. The summed E-state index contributed by atoms with van der Waals surface area (Å²) in [7, 11) is -0.617. The van der Waals surface area contributed by atoms with Crippen molar-refractivity contribution < 1.29 is 33.5 Å². The number of hydrogen-bond acceptors (Lipinski definition) is 9. The van der Waals surface area contributed by atoms with Crippen LogP contribution in [0.4, 0.5) is 5.69 Å². The molecule has 5 aromatic rings. The second-order valence-corrected chi connectivity index (χ2v) is 14.6. The van der Waals surface area contributed by atoms with Crippen LogP contribution in [0.15, 0.2) is 142 Å². The maximum atomic E-state index is 13.1. The minimum atomic E-state index is -1.09. The second kappa shape index (κ2) is 16.3. The standard InChI is InChI=1S/C41H37N2O8S/c1-40(2,30-17-15-29(26-42)16-18-30)50-38(44)27-48-33-23-34(49-28-39(45)51-41(3,4)31-19-21-32(22-20-31)43(46)47)25-37(24-33)52(35-11-7-5-8-12-35)36-13-9-6-10-14-36/h5-25H,27-28H2,1-4H3/q+1. The number of hydrogen-bond donors (Lipinski definition) is 0. The molecule has 0 spiro atoms. The molecule has 0 N–H and O–H groups in total. The molecule has 5 rings (SSSR count). The van der Waals surface area contributed by atoms with Crippen LogP contribution in [0.25, 0.3) is 0 Å². The van der Waals surface area contributed by atoms with Gasteiger partial charge in [-0.1, -0.05) is 48.5 Å². The van der Waals surface area contributed by atoms with Crippen LogP contribution in [0.2, 0.25) is 0 Å². The van der Waals surface area contributed by atoms with Gasteiger partial charge in [-0.15, -0.1) is 0 Å². The molecule has 10 nitrogen and oxygen atoms in total. The van der Waals surface area contributed by atoms with Crippen LogP contribution in [-0.2, 0) is 41.2 Å². The van der Waals surface area contributed by atoms with Crippen molar-refractivity contribution in [3.05, 3.63) is 154 Å². The number of nitrogens with zero attached hydrogens (tertiary/aromatic N) is 2. The van der Waals surface area contributed by atoms with E-state index < -0.39 is 52.2 Å². The van der Waals surface area contributed by atoms with E-state index in [4.69, 9.17) is 24.2 Å². The fraction of sp³-hybridized carbons (Fsp3) is 0.195. The fourth-order valence-corrected chi connectivity index (χ4v) is 7.46. The third-order valence-electron chi connectivity index (χ3n) is 7.98. The molecule has 0 heterocycles. The van der Waals surface area contributed by atoms with Crippen molar-refractivity contribution in [3.63, 3.8) is 0 Å². The molecule has 264 valence electrons. The predicted octanol–water partition coefficient (Wildman–Crippen LogP) is 8.28. The molecule has 0 fully saturated rings. The number of carbonyl (C=O) groups excluding carboxylic acids is 2. The molecule has 0 amide bonds. The van der Waals surface area contributed by atoms with E-state index >= 15 is 0 Å². The molecule has 0 aliphatic rings. The molecule has 11 heteroatoms.